The third kappa shape index (κ3) is 4.61. The van der Waals surface area contributed by atoms with Crippen LogP contribution in [-0.2, 0) is 10.9 Å². The molecule has 0 aliphatic heterocycles. The summed E-state index contributed by atoms with van der Waals surface area (Å²) in [5, 5.41) is 4.13. The number of carbonyl (C=O) groups is 1. The largest absolute Gasteiger partial charge is 0.445 e. The highest BCUT2D eigenvalue weighted by molar-refractivity contribution is 5.86. The SMILES string of the molecule is CC(C)OC(=O)N(F)c1cccc(-c2cn3nc(-c4cccnc4C(F)(F)F)ccc3n2)c1. The normalized spacial score (nSPS) is 11.7. The molecular weight excluding hydrogens is 442 g/mol. The molecule has 0 aliphatic carbocycles. The molecule has 3 heterocycles. The summed E-state index contributed by atoms with van der Waals surface area (Å²) in [4.78, 5) is 19.7. The summed E-state index contributed by atoms with van der Waals surface area (Å²) in [7, 11) is 0. The Bertz CT molecular complexity index is 1320. The van der Waals surface area contributed by atoms with Gasteiger partial charge in [0, 0.05) is 17.3 Å². The van der Waals surface area contributed by atoms with Crippen LogP contribution < -0.4 is 5.12 Å². The van der Waals surface area contributed by atoms with Gasteiger partial charge in [-0.15, -0.1) is 5.12 Å². The second-order valence-electron chi connectivity index (χ2n) is 7.31. The Morgan fingerprint density at radius 2 is 1.88 bits per heavy atom. The zero-order chi connectivity index (χ0) is 23.8. The van der Waals surface area contributed by atoms with Crippen molar-refractivity contribution in [3.63, 3.8) is 0 Å². The number of hydrogen-bond acceptors (Lipinski definition) is 5. The zero-order valence-corrected chi connectivity index (χ0v) is 17.4. The van der Waals surface area contributed by atoms with E-state index in [1.165, 1.54) is 53.2 Å². The van der Waals surface area contributed by atoms with Crippen LogP contribution in [0.5, 0.6) is 0 Å². The minimum absolute atomic E-state index is 0.0611. The predicted octanol–water partition coefficient (Wildman–Crippen LogP) is 5.71. The van der Waals surface area contributed by atoms with E-state index in [2.05, 4.69) is 15.1 Å². The molecule has 3 aromatic heterocycles. The van der Waals surface area contributed by atoms with Crippen molar-refractivity contribution in [3.05, 3.63) is 66.6 Å². The van der Waals surface area contributed by atoms with Crippen LogP contribution in [0.4, 0.5) is 28.1 Å². The smallest absolute Gasteiger partial charge is 0.443 e. The van der Waals surface area contributed by atoms with Gasteiger partial charge in [0.15, 0.2) is 11.3 Å². The van der Waals surface area contributed by atoms with Crippen LogP contribution in [0, 0.1) is 0 Å². The molecule has 1 amide bonds. The van der Waals surface area contributed by atoms with Crippen molar-refractivity contribution in [2.75, 3.05) is 5.12 Å². The lowest BCUT2D eigenvalue weighted by Gasteiger charge is -2.14. The Labute approximate surface area is 185 Å². The summed E-state index contributed by atoms with van der Waals surface area (Å²) in [6.45, 7) is 3.20. The van der Waals surface area contributed by atoms with E-state index < -0.39 is 24.1 Å². The summed E-state index contributed by atoms with van der Waals surface area (Å²) in [5.74, 6) is 0. The zero-order valence-electron chi connectivity index (χ0n) is 17.4. The highest BCUT2D eigenvalue weighted by Crippen LogP contribution is 2.34. The van der Waals surface area contributed by atoms with E-state index in [0.717, 1.165) is 6.20 Å². The van der Waals surface area contributed by atoms with Gasteiger partial charge in [0.1, 0.15) is 0 Å². The number of nitrogens with zero attached hydrogens (tertiary/aromatic N) is 5. The monoisotopic (exact) mass is 459 g/mol. The number of anilines is 1. The lowest BCUT2D eigenvalue weighted by molar-refractivity contribution is -0.140. The molecule has 0 aliphatic rings. The molecule has 0 atom stereocenters. The Kier molecular flexibility index (Phi) is 5.71. The quantitative estimate of drug-likeness (QED) is 0.289. The highest BCUT2D eigenvalue weighted by Gasteiger charge is 2.35. The van der Waals surface area contributed by atoms with Crippen LogP contribution >= 0.6 is 0 Å². The van der Waals surface area contributed by atoms with Gasteiger partial charge in [-0.3, -0.25) is 4.98 Å². The molecule has 0 N–H and O–H groups in total. The van der Waals surface area contributed by atoms with Gasteiger partial charge in [0.05, 0.1) is 29.4 Å². The number of halogens is 4. The topological polar surface area (TPSA) is 72.6 Å². The first-order valence-corrected chi connectivity index (χ1v) is 9.79. The van der Waals surface area contributed by atoms with Crippen LogP contribution in [-0.4, -0.2) is 31.8 Å². The second kappa shape index (κ2) is 8.49. The van der Waals surface area contributed by atoms with E-state index >= 15 is 0 Å². The number of pyridine rings is 1. The molecule has 0 spiro atoms. The Hall–Kier alpha value is -4.02. The highest BCUT2D eigenvalue weighted by atomic mass is 19.4. The first-order chi connectivity index (χ1) is 15.6. The van der Waals surface area contributed by atoms with E-state index in [9.17, 15) is 22.4 Å². The minimum Gasteiger partial charge on any atom is -0.445 e. The van der Waals surface area contributed by atoms with Crippen molar-refractivity contribution < 1.29 is 27.2 Å². The van der Waals surface area contributed by atoms with Gasteiger partial charge >= 0.3 is 12.3 Å². The number of imidazole rings is 1. The van der Waals surface area contributed by atoms with Crippen molar-refractivity contribution in [3.8, 4) is 22.5 Å². The van der Waals surface area contributed by atoms with E-state index in [0.29, 0.717) is 16.9 Å². The van der Waals surface area contributed by atoms with Crippen molar-refractivity contribution in [2.45, 2.75) is 26.1 Å². The number of rotatable bonds is 4. The number of hydrogen-bond donors (Lipinski definition) is 0. The standard InChI is InChI=1S/C22H17F4N5O2/c1-13(2)33-21(32)31(26)15-6-3-5-14(11-15)18-12-30-19(28-18)9-8-17(29-30)16-7-4-10-27-20(16)22(23,24)25/h3-13H,1-2H3. The van der Waals surface area contributed by atoms with Crippen LogP contribution in [0.1, 0.15) is 19.5 Å². The molecule has 7 nitrogen and oxygen atoms in total. The molecule has 11 heteroatoms. The van der Waals surface area contributed by atoms with E-state index in [4.69, 9.17) is 4.74 Å². The fourth-order valence-corrected chi connectivity index (χ4v) is 3.14. The van der Waals surface area contributed by atoms with Crippen LogP contribution in [0.2, 0.25) is 0 Å². The fraction of sp³-hybridized carbons (Fsp3) is 0.182. The summed E-state index contributed by atoms with van der Waals surface area (Å²) in [6.07, 6.45) is -3.71. The summed E-state index contributed by atoms with van der Waals surface area (Å²) in [6, 6.07) is 11.6. The molecule has 1 aromatic carbocycles. The van der Waals surface area contributed by atoms with E-state index in [-0.39, 0.29) is 22.1 Å². The Morgan fingerprint density at radius 3 is 2.61 bits per heavy atom. The molecule has 33 heavy (non-hydrogen) atoms. The average molecular weight is 459 g/mol. The van der Waals surface area contributed by atoms with Crippen molar-refractivity contribution in [1.82, 2.24) is 19.6 Å². The van der Waals surface area contributed by atoms with Gasteiger partial charge in [-0.2, -0.15) is 18.3 Å². The predicted molar refractivity (Wildman–Crippen MR) is 112 cm³/mol. The molecule has 0 fully saturated rings. The first kappa shape index (κ1) is 22.2. The molecule has 0 saturated heterocycles. The minimum atomic E-state index is -4.64. The molecular formula is C22H17F4N5O2. The lowest BCUT2D eigenvalue weighted by atomic mass is 10.1. The van der Waals surface area contributed by atoms with Crippen LogP contribution in [0.3, 0.4) is 0 Å². The van der Waals surface area contributed by atoms with Crippen molar-refractivity contribution in [2.24, 2.45) is 0 Å². The van der Waals surface area contributed by atoms with Gasteiger partial charge in [-0.1, -0.05) is 16.6 Å². The number of alkyl halides is 3. The van der Waals surface area contributed by atoms with Crippen molar-refractivity contribution in [1.29, 1.82) is 0 Å². The maximum absolute atomic E-state index is 14.4. The number of carbonyl (C=O) groups excluding carboxylic acids is 1. The third-order valence-corrected chi connectivity index (χ3v) is 4.54. The maximum atomic E-state index is 14.4. The Morgan fingerprint density at radius 1 is 1.09 bits per heavy atom. The maximum Gasteiger partial charge on any atom is 0.443 e. The summed E-state index contributed by atoms with van der Waals surface area (Å²) >= 11 is 0. The van der Waals surface area contributed by atoms with Gasteiger partial charge in [0.25, 0.3) is 0 Å². The average Bonchev–Trinajstić information content (AvgIpc) is 3.21. The number of benzene rings is 1. The number of amides is 1. The van der Waals surface area contributed by atoms with E-state index in [1.54, 1.807) is 19.9 Å². The third-order valence-electron chi connectivity index (χ3n) is 4.54. The summed E-state index contributed by atoms with van der Waals surface area (Å²) < 4.78 is 60.5. The van der Waals surface area contributed by atoms with Gasteiger partial charge in [0.2, 0.25) is 0 Å². The van der Waals surface area contributed by atoms with Crippen LogP contribution in [0.15, 0.2) is 60.9 Å². The van der Waals surface area contributed by atoms with Gasteiger partial charge in [-0.05, 0) is 50.2 Å². The fourth-order valence-electron chi connectivity index (χ4n) is 3.14. The molecule has 4 rings (SSSR count). The second-order valence-corrected chi connectivity index (χ2v) is 7.31. The number of aromatic nitrogens is 4. The molecule has 170 valence electrons. The van der Waals surface area contributed by atoms with Gasteiger partial charge in [-0.25, -0.2) is 14.3 Å². The van der Waals surface area contributed by atoms with E-state index in [1.807, 2.05) is 0 Å². The van der Waals surface area contributed by atoms with Crippen LogP contribution in [0.25, 0.3) is 28.2 Å². The first-order valence-electron chi connectivity index (χ1n) is 9.79. The molecule has 4 aromatic rings. The summed E-state index contributed by atoms with van der Waals surface area (Å²) in [5.41, 5.74) is 0.0160. The van der Waals surface area contributed by atoms with Gasteiger partial charge < -0.3 is 4.74 Å². The Balaban J connectivity index is 1.69. The number of fused-ring (bicyclic) bond motifs is 1. The lowest BCUT2D eigenvalue weighted by Crippen LogP contribution is -2.25. The molecule has 0 saturated carbocycles. The van der Waals surface area contributed by atoms with Crippen molar-refractivity contribution >= 4 is 17.4 Å². The molecule has 0 unspecified atom stereocenters. The number of ether oxygens (including phenoxy) is 1. The molecule has 0 bridgehead atoms. The molecule has 0 radical (unpaired) electrons.